The zero-order chi connectivity index (χ0) is 8.81. The van der Waals surface area contributed by atoms with Crippen LogP contribution in [-0.4, -0.2) is 30.2 Å². The van der Waals surface area contributed by atoms with Crippen molar-refractivity contribution < 1.29 is 0 Å². The van der Waals surface area contributed by atoms with E-state index in [9.17, 15) is 0 Å². The third-order valence-electron chi connectivity index (χ3n) is 1.74. The smallest absolute Gasteiger partial charge is 0.145 e. The Labute approximate surface area is 72.5 Å². The molecule has 0 radical (unpaired) electrons. The van der Waals surface area contributed by atoms with E-state index in [2.05, 4.69) is 21.7 Å². The summed E-state index contributed by atoms with van der Waals surface area (Å²) in [6.07, 6.45) is 5.68. The van der Waals surface area contributed by atoms with E-state index >= 15 is 0 Å². The van der Waals surface area contributed by atoms with E-state index in [1.165, 1.54) is 18.9 Å². The summed E-state index contributed by atoms with van der Waals surface area (Å²) in [5.74, 6) is 0.352. The highest BCUT2D eigenvalue weighted by Gasteiger charge is 2.06. The summed E-state index contributed by atoms with van der Waals surface area (Å²) in [5.41, 5.74) is 5.36. The van der Waals surface area contributed by atoms with Crippen molar-refractivity contribution in [1.29, 1.82) is 0 Å². The van der Waals surface area contributed by atoms with Gasteiger partial charge in [0, 0.05) is 13.1 Å². The first-order chi connectivity index (χ1) is 5.83. The second-order valence-electron chi connectivity index (χ2n) is 2.70. The molecule has 66 valence electrons. The Kier molecular flexibility index (Phi) is 3.32. The molecule has 2 N–H and O–H groups in total. The monoisotopic (exact) mass is 166 g/mol. The Morgan fingerprint density at radius 2 is 2.08 bits per heavy atom. The maximum Gasteiger partial charge on any atom is 0.145 e. The zero-order valence-electron chi connectivity index (χ0n) is 7.11. The predicted molar refractivity (Wildman–Crippen MR) is 51.1 cm³/mol. The van der Waals surface area contributed by atoms with Gasteiger partial charge in [-0.2, -0.15) is 0 Å². The highest BCUT2D eigenvalue weighted by Crippen LogP contribution is 2.03. The molecular formula is C8H14N4. The van der Waals surface area contributed by atoms with Gasteiger partial charge in [0.05, 0.1) is 0 Å². The molecular weight excluding hydrogens is 152 g/mol. The molecule has 1 aliphatic rings. The maximum absolute atomic E-state index is 5.36. The molecule has 4 nitrogen and oxygen atoms in total. The molecule has 1 saturated heterocycles. The molecule has 1 fully saturated rings. The van der Waals surface area contributed by atoms with E-state index in [1.54, 1.807) is 6.34 Å². The molecule has 0 amide bonds. The molecule has 0 saturated carbocycles. The predicted octanol–water partition coefficient (Wildman–Crippen LogP) is 0.569. The molecule has 0 aromatic heterocycles. The van der Waals surface area contributed by atoms with Crippen LogP contribution < -0.4 is 5.73 Å². The van der Waals surface area contributed by atoms with Crippen LogP contribution in [0.4, 0.5) is 0 Å². The van der Waals surface area contributed by atoms with Crippen molar-refractivity contribution in [2.75, 3.05) is 13.1 Å². The molecule has 1 heterocycles. The maximum atomic E-state index is 5.36. The summed E-state index contributed by atoms with van der Waals surface area (Å²) in [7, 11) is 0. The van der Waals surface area contributed by atoms with Gasteiger partial charge in [-0.25, -0.2) is 0 Å². The molecule has 12 heavy (non-hydrogen) atoms. The Morgan fingerprint density at radius 3 is 2.67 bits per heavy atom. The van der Waals surface area contributed by atoms with Crippen LogP contribution in [0.15, 0.2) is 22.9 Å². The lowest BCUT2D eigenvalue weighted by Crippen LogP contribution is -2.16. The van der Waals surface area contributed by atoms with E-state index in [1.807, 2.05) is 0 Å². The first-order valence-electron chi connectivity index (χ1n) is 4.06. The molecule has 0 aliphatic carbocycles. The van der Waals surface area contributed by atoms with Crippen molar-refractivity contribution in [3.63, 3.8) is 0 Å². The quantitative estimate of drug-likeness (QED) is 0.378. The van der Waals surface area contributed by atoms with Crippen molar-refractivity contribution in [3.05, 3.63) is 12.7 Å². The van der Waals surface area contributed by atoms with Crippen molar-refractivity contribution in [2.45, 2.75) is 12.8 Å². The van der Waals surface area contributed by atoms with Crippen molar-refractivity contribution in [1.82, 2.24) is 4.90 Å². The Hall–Kier alpha value is -1.32. The van der Waals surface area contributed by atoms with Crippen LogP contribution in [0.1, 0.15) is 12.8 Å². The lowest BCUT2D eigenvalue weighted by Gasteiger charge is -2.06. The van der Waals surface area contributed by atoms with Gasteiger partial charge in [0.15, 0.2) is 0 Å². The second-order valence-corrected chi connectivity index (χ2v) is 2.70. The van der Waals surface area contributed by atoms with Crippen molar-refractivity contribution in [2.24, 2.45) is 15.9 Å². The second kappa shape index (κ2) is 4.54. The van der Waals surface area contributed by atoms with Gasteiger partial charge in [-0.3, -0.25) is 0 Å². The molecule has 0 spiro atoms. The summed E-state index contributed by atoms with van der Waals surface area (Å²) in [5, 5.41) is 7.53. The standard InChI is InChI=1S/C8H14N4/c1-2-8(9)11-10-7-12-5-3-4-6-12/h2,7H,1,3-6H2,(H2,9,11)/b10-7+. The number of hydrogen-bond donors (Lipinski definition) is 1. The van der Waals surface area contributed by atoms with Crippen LogP contribution in [0.25, 0.3) is 0 Å². The molecule has 0 unspecified atom stereocenters. The Morgan fingerprint density at radius 1 is 1.42 bits per heavy atom. The van der Waals surface area contributed by atoms with Gasteiger partial charge >= 0.3 is 0 Å². The average Bonchev–Trinajstić information content (AvgIpc) is 2.57. The highest BCUT2D eigenvalue weighted by atomic mass is 15.3. The van der Waals surface area contributed by atoms with E-state index in [0.29, 0.717) is 5.84 Å². The fourth-order valence-electron chi connectivity index (χ4n) is 1.06. The van der Waals surface area contributed by atoms with Gasteiger partial charge in [-0.15, -0.1) is 10.2 Å². The summed E-state index contributed by atoms with van der Waals surface area (Å²) in [4.78, 5) is 2.12. The molecule has 1 aliphatic heterocycles. The lowest BCUT2D eigenvalue weighted by atomic mass is 10.4. The van der Waals surface area contributed by atoms with Gasteiger partial charge in [0.1, 0.15) is 12.2 Å². The van der Waals surface area contributed by atoms with E-state index in [4.69, 9.17) is 5.73 Å². The minimum Gasteiger partial charge on any atom is -0.382 e. The van der Waals surface area contributed by atoms with Crippen molar-refractivity contribution >= 4 is 12.2 Å². The highest BCUT2D eigenvalue weighted by molar-refractivity contribution is 5.90. The third kappa shape index (κ3) is 2.74. The number of nitrogens with two attached hydrogens (primary N) is 1. The Bertz CT molecular complexity index is 201. The SMILES string of the molecule is C=C/C(N)=N\N=C\N1CCCC1. The van der Waals surface area contributed by atoms with Gasteiger partial charge in [-0.05, 0) is 18.9 Å². The summed E-state index contributed by atoms with van der Waals surface area (Å²) in [6, 6.07) is 0. The minimum absolute atomic E-state index is 0.352. The molecule has 0 aromatic carbocycles. The summed E-state index contributed by atoms with van der Waals surface area (Å²) < 4.78 is 0. The molecule has 0 atom stereocenters. The first kappa shape index (κ1) is 8.77. The number of nitrogens with zero attached hydrogens (tertiary/aromatic N) is 3. The van der Waals surface area contributed by atoms with Gasteiger partial charge in [0.2, 0.25) is 0 Å². The fraction of sp³-hybridized carbons (Fsp3) is 0.500. The normalized spacial score (nSPS) is 19.0. The van der Waals surface area contributed by atoms with Crippen LogP contribution >= 0.6 is 0 Å². The van der Waals surface area contributed by atoms with Crippen molar-refractivity contribution in [3.8, 4) is 0 Å². The first-order valence-corrected chi connectivity index (χ1v) is 4.06. The number of rotatable bonds is 3. The third-order valence-corrected chi connectivity index (χ3v) is 1.74. The topological polar surface area (TPSA) is 54.0 Å². The van der Waals surface area contributed by atoms with Crippen LogP contribution in [-0.2, 0) is 0 Å². The van der Waals surface area contributed by atoms with E-state index in [0.717, 1.165) is 13.1 Å². The minimum atomic E-state index is 0.352. The van der Waals surface area contributed by atoms with Gasteiger partial charge < -0.3 is 10.6 Å². The Balaban J connectivity index is 2.33. The zero-order valence-corrected chi connectivity index (χ0v) is 7.11. The van der Waals surface area contributed by atoms with Crippen LogP contribution in [0.3, 0.4) is 0 Å². The van der Waals surface area contributed by atoms with E-state index in [-0.39, 0.29) is 0 Å². The molecule has 0 bridgehead atoms. The number of amidine groups is 1. The largest absolute Gasteiger partial charge is 0.382 e. The average molecular weight is 166 g/mol. The van der Waals surface area contributed by atoms with Crippen LogP contribution in [0, 0.1) is 0 Å². The number of hydrogen-bond acceptors (Lipinski definition) is 2. The van der Waals surface area contributed by atoms with Gasteiger partial charge in [-0.1, -0.05) is 6.58 Å². The molecule has 0 aromatic rings. The molecule has 1 rings (SSSR count). The number of likely N-dealkylation sites (tertiary alicyclic amines) is 1. The van der Waals surface area contributed by atoms with Crippen LogP contribution in [0.2, 0.25) is 0 Å². The van der Waals surface area contributed by atoms with E-state index < -0.39 is 0 Å². The fourth-order valence-corrected chi connectivity index (χ4v) is 1.06. The van der Waals surface area contributed by atoms with Gasteiger partial charge in [0.25, 0.3) is 0 Å². The molecule has 4 heteroatoms. The lowest BCUT2D eigenvalue weighted by molar-refractivity contribution is 0.534. The van der Waals surface area contributed by atoms with Crippen LogP contribution in [0.5, 0.6) is 0 Å². The summed E-state index contributed by atoms with van der Waals surface area (Å²) >= 11 is 0. The summed E-state index contributed by atoms with van der Waals surface area (Å²) in [6.45, 7) is 5.62.